The lowest BCUT2D eigenvalue weighted by Crippen LogP contribution is -2.14. The SMILES string of the molecule is CC(C)(C)c1cc(F)nc2c1c(COc1cc(F)c(Cl)c(Oc3cc(Cl)cc(C#N)c3)c1)nn2C(=O)O. The fraction of sp³-hybridized carbons (Fsp3) is 0.200. The Balaban J connectivity index is 1.72. The van der Waals surface area contributed by atoms with E-state index in [2.05, 4.69) is 10.1 Å². The molecule has 8 nitrogen and oxygen atoms in total. The van der Waals surface area contributed by atoms with E-state index in [4.69, 9.17) is 37.9 Å². The van der Waals surface area contributed by atoms with Gasteiger partial charge in [-0.15, -0.1) is 4.68 Å². The topological polar surface area (TPSA) is 110 Å². The summed E-state index contributed by atoms with van der Waals surface area (Å²) in [6, 6.07) is 9.75. The number of ether oxygens (including phenoxy) is 2. The van der Waals surface area contributed by atoms with Crippen LogP contribution in [0, 0.1) is 23.1 Å². The van der Waals surface area contributed by atoms with Gasteiger partial charge in [-0.05, 0) is 35.2 Å². The Bertz CT molecular complexity index is 1590. The summed E-state index contributed by atoms with van der Waals surface area (Å²) < 4.78 is 40.8. The van der Waals surface area contributed by atoms with Gasteiger partial charge in [0.05, 0.1) is 17.0 Å². The van der Waals surface area contributed by atoms with Crippen molar-refractivity contribution in [3.8, 4) is 23.3 Å². The molecule has 0 radical (unpaired) electrons. The smallest absolute Gasteiger partial charge is 0.434 e. The molecule has 2 aromatic carbocycles. The van der Waals surface area contributed by atoms with E-state index in [9.17, 15) is 18.7 Å². The van der Waals surface area contributed by atoms with Crippen molar-refractivity contribution in [3.63, 3.8) is 0 Å². The third-order valence-electron chi connectivity index (χ3n) is 5.24. The van der Waals surface area contributed by atoms with Crippen molar-refractivity contribution in [2.45, 2.75) is 32.8 Å². The molecule has 0 aliphatic heterocycles. The van der Waals surface area contributed by atoms with Gasteiger partial charge in [-0.3, -0.25) is 0 Å². The largest absolute Gasteiger partial charge is 0.487 e. The molecule has 4 aromatic rings. The Morgan fingerprint density at radius 3 is 2.51 bits per heavy atom. The zero-order valence-electron chi connectivity index (χ0n) is 19.6. The number of fused-ring (bicyclic) bond motifs is 1. The Morgan fingerprint density at radius 2 is 1.86 bits per heavy atom. The molecule has 0 spiro atoms. The van der Waals surface area contributed by atoms with Crippen molar-refractivity contribution in [2.75, 3.05) is 0 Å². The molecule has 12 heteroatoms. The van der Waals surface area contributed by atoms with E-state index < -0.39 is 23.3 Å². The van der Waals surface area contributed by atoms with E-state index in [1.807, 2.05) is 26.8 Å². The molecule has 0 bridgehead atoms. The minimum absolute atomic E-state index is 0.00941. The average molecular weight is 547 g/mol. The molecule has 0 saturated carbocycles. The number of benzene rings is 2. The number of pyridine rings is 1. The van der Waals surface area contributed by atoms with Gasteiger partial charge in [-0.1, -0.05) is 44.0 Å². The molecule has 0 unspecified atom stereocenters. The van der Waals surface area contributed by atoms with Gasteiger partial charge in [-0.25, -0.2) is 9.18 Å². The summed E-state index contributed by atoms with van der Waals surface area (Å²) in [6.45, 7) is 5.19. The summed E-state index contributed by atoms with van der Waals surface area (Å²) in [7, 11) is 0. The number of hydrogen-bond donors (Lipinski definition) is 1. The Hall–Kier alpha value is -3.94. The minimum atomic E-state index is -1.46. The fourth-order valence-corrected chi connectivity index (χ4v) is 4.02. The lowest BCUT2D eigenvalue weighted by atomic mass is 9.85. The molecule has 0 fully saturated rings. The molecular formula is C25H18Cl2F2N4O4. The standard InChI is InChI=1S/C25H18Cl2F2N4O4/c1-25(2,3)16-9-20(29)31-23-21(16)18(32-33(23)24(34)35)11-36-14-7-17(28)22(27)19(8-14)37-15-5-12(10-30)4-13(26)6-15/h4-9H,11H2,1-3H3,(H,34,35). The Kier molecular flexibility index (Phi) is 6.95. The van der Waals surface area contributed by atoms with Crippen molar-refractivity contribution in [1.82, 2.24) is 14.8 Å². The van der Waals surface area contributed by atoms with Gasteiger partial charge in [0.25, 0.3) is 0 Å². The predicted molar refractivity (Wildman–Crippen MR) is 132 cm³/mol. The van der Waals surface area contributed by atoms with E-state index in [1.165, 1.54) is 30.3 Å². The number of rotatable bonds is 5. The first-order valence-corrected chi connectivity index (χ1v) is 11.4. The summed E-state index contributed by atoms with van der Waals surface area (Å²) in [5.74, 6) is -1.67. The number of carboxylic acid groups (broad SMARTS) is 1. The highest BCUT2D eigenvalue weighted by molar-refractivity contribution is 6.32. The van der Waals surface area contributed by atoms with Crippen LogP contribution in [0.5, 0.6) is 17.2 Å². The third kappa shape index (κ3) is 5.43. The maximum absolute atomic E-state index is 14.6. The first-order chi connectivity index (χ1) is 17.4. The number of nitrogens with zero attached hydrogens (tertiary/aromatic N) is 4. The van der Waals surface area contributed by atoms with Crippen molar-refractivity contribution >= 4 is 40.3 Å². The molecule has 2 aromatic heterocycles. The summed E-state index contributed by atoms with van der Waals surface area (Å²) in [6.07, 6.45) is -1.46. The molecule has 1 N–H and O–H groups in total. The van der Waals surface area contributed by atoms with E-state index >= 15 is 0 Å². The van der Waals surface area contributed by atoms with Gasteiger partial charge in [0.15, 0.2) is 11.4 Å². The molecule has 0 aliphatic rings. The lowest BCUT2D eigenvalue weighted by molar-refractivity contribution is 0.193. The number of nitriles is 1. The number of aromatic nitrogens is 3. The van der Waals surface area contributed by atoms with Crippen LogP contribution in [0.15, 0.2) is 36.4 Å². The van der Waals surface area contributed by atoms with Crippen LogP contribution in [0.25, 0.3) is 11.0 Å². The highest BCUT2D eigenvalue weighted by Gasteiger charge is 2.27. The van der Waals surface area contributed by atoms with Crippen LogP contribution in [-0.2, 0) is 12.0 Å². The van der Waals surface area contributed by atoms with E-state index in [-0.39, 0.29) is 50.8 Å². The van der Waals surface area contributed by atoms with Crippen LogP contribution in [0.3, 0.4) is 0 Å². The van der Waals surface area contributed by atoms with Gasteiger partial charge in [-0.2, -0.15) is 19.7 Å². The van der Waals surface area contributed by atoms with Crippen molar-refractivity contribution in [2.24, 2.45) is 0 Å². The van der Waals surface area contributed by atoms with E-state index in [0.717, 1.165) is 6.07 Å². The first-order valence-electron chi connectivity index (χ1n) is 10.7. The third-order valence-corrected chi connectivity index (χ3v) is 5.83. The highest BCUT2D eigenvalue weighted by atomic mass is 35.5. The lowest BCUT2D eigenvalue weighted by Gasteiger charge is -2.20. The van der Waals surface area contributed by atoms with E-state index in [0.29, 0.717) is 15.6 Å². The van der Waals surface area contributed by atoms with Gasteiger partial charge in [0.2, 0.25) is 5.95 Å². The van der Waals surface area contributed by atoms with Gasteiger partial charge >= 0.3 is 6.09 Å². The molecule has 0 atom stereocenters. The van der Waals surface area contributed by atoms with Gasteiger partial charge in [0.1, 0.15) is 34.6 Å². The summed E-state index contributed by atoms with van der Waals surface area (Å²) in [5.41, 5.74) is 0.0852. The average Bonchev–Trinajstić information content (AvgIpc) is 3.17. The van der Waals surface area contributed by atoms with Crippen molar-refractivity contribution < 1.29 is 28.2 Å². The van der Waals surface area contributed by atoms with Crippen molar-refractivity contribution in [1.29, 1.82) is 5.26 Å². The monoisotopic (exact) mass is 546 g/mol. The molecule has 0 amide bonds. The zero-order chi connectivity index (χ0) is 27.1. The normalized spacial score (nSPS) is 11.4. The molecule has 0 saturated heterocycles. The summed E-state index contributed by atoms with van der Waals surface area (Å²) in [4.78, 5) is 15.5. The molecule has 4 rings (SSSR count). The van der Waals surface area contributed by atoms with Gasteiger partial charge < -0.3 is 14.6 Å². The van der Waals surface area contributed by atoms with Crippen LogP contribution in [0.1, 0.15) is 37.6 Å². The maximum atomic E-state index is 14.6. The van der Waals surface area contributed by atoms with Crippen LogP contribution in [-0.4, -0.2) is 26.0 Å². The maximum Gasteiger partial charge on any atom is 0.434 e. The summed E-state index contributed by atoms with van der Waals surface area (Å²) in [5, 5.41) is 22.9. The first kappa shape index (κ1) is 26.1. The second kappa shape index (κ2) is 9.84. The molecule has 2 heterocycles. The molecule has 0 aliphatic carbocycles. The number of halogens is 4. The van der Waals surface area contributed by atoms with Crippen LogP contribution >= 0.6 is 23.2 Å². The summed E-state index contributed by atoms with van der Waals surface area (Å²) >= 11 is 12.1. The van der Waals surface area contributed by atoms with E-state index in [1.54, 1.807) is 0 Å². The molecule has 37 heavy (non-hydrogen) atoms. The minimum Gasteiger partial charge on any atom is -0.487 e. The molecular weight excluding hydrogens is 529 g/mol. The zero-order valence-corrected chi connectivity index (χ0v) is 21.2. The molecule has 190 valence electrons. The van der Waals surface area contributed by atoms with Crippen LogP contribution in [0.2, 0.25) is 10.0 Å². The van der Waals surface area contributed by atoms with Crippen LogP contribution in [0.4, 0.5) is 13.6 Å². The quantitative estimate of drug-likeness (QED) is 0.266. The number of carbonyl (C=O) groups is 1. The Labute approximate surface area is 219 Å². The van der Waals surface area contributed by atoms with Crippen molar-refractivity contribution in [3.05, 3.63) is 75.0 Å². The highest BCUT2D eigenvalue weighted by Crippen LogP contribution is 2.37. The second-order valence-corrected chi connectivity index (χ2v) is 9.79. The predicted octanol–water partition coefficient (Wildman–Crippen LogP) is 7.08. The fourth-order valence-electron chi connectivity index (χ4n) is 3.65. The van der Waals surface area contributed by atoms with Crippen LogP contribution < -0.4 is 9.47 Å². The Morgan fingerprint density at radius 1 is 1.14 bits per heavy atom. The van der Waals surface area contributed by atoms with Gasteiger partial charge in [0, 0.05) is 17.2 Å². The number of hydrogen-bond acceptors (Lipinski definition) is 6. The second-order valence-electron chi connectivity index (χ2n) is 8.98.